The average molecular weight is 512 g/mol. The summed E-state index contributed by atoms with van der Waals surface area (Å²) < 4.78 is 41.9. The molecular weight excluding hydrogens is 481 g/mol. The highest BCUT2D eigenvalue weighted by molar-refractivity contribution is 7.92. The van der Waals surface area contributed by atoms with E-state index < -0.39 is 34.3 Å². The van der Waals surface area contributed by atoms with Crippen molar-refractivity contribution < 1.29 is 22.4 Å². The minimum atomic E-state index is -4.18. The third-order valence-electron chi connectivity index (χ3n) is 6.02. The predicted octanol–water partition coefficient (Wildman–Crippen LogP) is 3.80. The maximum absolute atomic E-state index is 13.7. The number of carbonyl (C=O) groups is 2. The number of amides is 2. The summed E-state index contributed by atoms with van der Waals surface area (Å²) in [6, 6.07) is 17.7. The van der Waals surface area contributed by atoms with Crippen molar-refractivity contribution in [3.05, 3.63) is 95.3 Å². The summed E-state index contributed by atoms with van der Waals surface area (Å²) in [7, 11) is -2.71. The Balaban J connectivity index is 2.03. The zero-order valence-corrected chi connectivity index (χ0v) is 21.5. The molecule has 36 heavy (non-hydrogen) atoms. The van der Waals surface area contributed by atoms with Crippen molar-refractivity contribution in [2.24, 2.45) is 0 Å². The number of benzene rings is 3. The molecule has 1 atom stereocenters. The fourth-order valence-corrected chi connectivity index (χ4v) is 5.15. The van der Waals surface area contributed by atoms with E-state index in [1.807, 2.05) is 38.1 Å². The van der Waals surface area contributed by atoms with Gasteiger partial charge in [0, 0.05) is 13.6 Å². The molecule has 0 bridgehead atoms. The molecule has 3 rings (SSSR count). The Kier molecular flexibility index (Phi) is 8.47. The van der Waals surface area contributed by atoms with E-state index in [1.165, 1.54) is 36.2 Å². The lowest BCUT2D eigenvalue weighted by molar-refractivity contribution is -0.139. The van der Waals surface area contributed by atoms with Crippen LogP contribution >= 0.6 is 0 Å². The summed E-state index contributed by atoms with van der Waals surface area (Å²) in [5.74, 6) is -1.49. The SMILES string of the molecule is CNC(=O)[C@H](C)N(Cc1ccccc1C)C(=O)CN(c1ccc(F)cc1)S(=O)(=O)c1ccc(C)cc1. The van der Waals surface area contributed by atoms with Gasteiger partial charge in [0.2, 0.25) is 11.8 Å². The smallest absolute Gasteiger partial charge is 0.264 e. The van der Waals surface area contributed by atoms with E-state index in [9.17, 15) is 22.4 Å². The Morgan fingerprint density at radius 2 is 1.56 bits per heavy atom. The fourth-order valence-electron chi connectivity index (χ4n) is 3.74. The number of hydrogen-bond acceptors (Lipinski definition) is 4. The molecule has 0 unspecified atom stereocenters. The normalized spacial score (nSPS) is 12.0. The Bertz CT molecular complexity index is 1330. The van der Waals surface area contributed by atoms with Gasteiger partial charge in [-0.2, -0.15) is 0 Å². The molecule has 7 nitrogen and oxygen atoms in total. The van der Waals surface area contributed by atoms with Gasteiger partial charge >= 0.3 is 0 Å². The first-order valence-corrected chi connectivity index (χ1v) is 12.9. The molecule has 0 aromatic heterocycles. The van der Waals surface area contributed by atoms with E-state index in [4.69, 9.17) is 0 Å². The number of rotatable bonds is 9. The van der Waals surface area contributed by atoms with Crippen LogP contribution in [0.1, 0.15) is 23.6 Å². The van der Waals surface area contributed by atoms with Crippen molar-refractivity contribution in [2.75, 3.05) is 17.9 Å². The quantitative estimate of drug-likeness (QED) is 0.474. The molecule has 3 aromatic rings. The minimum absolute atomic E-state index is 0.00460. The largest absolute Gasteiger partial charge is 0.357 e. The Morgan fingerprint density at radius 3 is 2.14 bits per heavy atom. The molecule has 0 fully saturated rings. The van der Waals surface area contributed by atoms with Crippen LogP contribution in [0.3, 0.4) is 0 Å². The molecule has 0 saturated heterocycles. The van der Waals surface area contributed by atoms with Gasteiger partial charge in [-0.25, -0.2) is 12.8 Å². The highest BCUT2D eigenvalue weighted by atomic mass is 32.2. The molecule has 0 radical (unpaired) electrons. The zero-order chi connectivity index (χ0) is 26.5. The Labute approximate surface area is 211 Å². The van der Waals surface area contributed by atoms with Crippen LogP contribution in [0.2, 0.25) is 0 Å². The number of nitrogens with zero attached hydrogens (tertiary/aromatic N) is 2. The lowest BCUT2D eigenvalue weighted by Gasteiger charge is -2.32. The number of halogens is 1. The van der Waals surface area contributed by atoms with E-state index in [1.54, 1.807) is 19.1 Å². The topological polar surface area (TPSA) is 86.8 Å². The number of nitrogens with one attached hydrogen (secondary N) is 1. The second-order valence-electron chi connectivity index (χ2n) is 8.54. The highest BCUT2D eigenvalue weighted by Gasteiger charge is 2.32. The third-order valence-corrected chi connectivity index (χ3v) is 7.81. The molecule has 9 heteroatoms. The lowest BCUT2D eigenvalue weighted by atomic mass is 10.1. The first-order valence-electron chi connectivity index (χ1n) is 11.4. The van der Waals surface area contributed by atoms with Crippen LogP contribution in [0.5, 0.6) is 0 Å². The summed E-state index contributed by atoms with van der Waals surface area (Å²) in [6.45, 7) is 4.86. The number of sulfonamides is 1. The monoisotopic (exact) mass is 511 g/mol. The molecule has 190 valence electrons. The van der Waals surface area contributed by atoms with E-state index >= 15 is 0 Å². The number of hydrogen-bond donors (Lipinski definition) is 1. The van der Waals surface area contributed by atoms with Crippen LogP contribution in [0.25, 0.3) is 0 Å². The summed E-state index contributed by atoms with van der Waals surface area (Å²) in [5.41, 5.74) is 2.77. The maximum Gasteiger partial charge on any atom is 0.264 e. The van der Waals surface area contributed by atoms with E-state index in [0.717, 1.165) is 33.1 Å². The Hall–Kier alpha value is -3.72. The fraction of sp³-hybridized carbons (Fsp3) is 0.259. The van der Waals surface area contributed by atoms with Crippen LogP contribution in [0.4, 0.5) is 10.1 Å². The lowest BCUT2D eigenvalue weighted by Crippen LogP contribution is -2.50. The molecule has 1 N–H and O–H groups in total. The molecule has 0 aliphatic rings. The second kappa shape index (κ2) is 11.3. The number of aryl methyl sites for hydroxylation is 2. The predicted molar refractivity (Wildman–Crippen MR) is 137 cm³/mol. The first kappa shape index (κ1) is 26.9. The van der Waals surface area contributed by atoms with Gasteiger partial charge in [0.1, 0.15) is 18.4 Å². The summed E-state index contributed by atoms with van der Waals surface area (Å²) in [6.07, 6.45) is 0. The Morgan fingerprint density at radius 1 is 0.944 bits per heavy atom. The van der Waals surface area contributed by atoms with Gasteiger partial charge in [0.15, 0.2) is 0 Å². The van der Waals surface area contributed by atoms with Crippen molar-refractivity contribution >= 4 is 27.5 Å². The summed E-state index contributed by atoms with van der Waals surface area (Å²) >= 11 is 0. The zero-order valence-electron chi connectivity index (χ0n) is 20.7. The summed E-state index contributed by atoms with van der Waals surface area (Å²) in [5, 5.41) is 2.55. The van der Waals surface area contributed by atoms with Crippen molar-refractivity contribution in [2.45, 2.75) is 38.3 Å². The van der Waals surface area contributed by atoms with Gasteiger partial charge in [-0.3, -0.25) is 13.9 Å². The molecule has 3 aromatic carbocycles. The van der Waals surface area contributed by atoms with Crippen LogP contribution in [0.15, 0.2) is 77.7 Å². The minimum Gasteiger partial charge on any atom is -0.357 e. The molecular formula is C27H30FN3O4S. The molecule has 0 aliphatic heterocycles. The molecule has 0 heterocycles. The van der Waals surface area contributed by atoms with E-state index in [2.05, 4.69) is 5.32 Å². The van der Waals surface area contributed by atoms with Crippen molar-refractivity contribution in [1.29, 1.82) is 0 Å². The third kappa shape index (κ3) is 6.09. The molecule has 2 amide bonds. The first-order chi connectivity index (χ1) is 17.0. The van der Waals surface area contributed by atoms with Gasteiger partial charge in [-0.1, -0.05) is 42.0 Å². The van der Waals surface area contributed by atoms with Crippen LogP contribution < -0.4 is 9.62 Å². The maximum atomic E-state index is 13.7. The van der Waals surface area contributed by atoms with Crippen LogP contribution in [0, 0.1) is 19.7 Å². The summed E-state index contributed by atoms with van der Waals surface area (Å²) in [4.78, 5) is 27.5. The van der Waals surface area contributed by atoms with Crippen molar-refractivity contribution in [1.82, 2.24) is 10.2 Å². The standard InChI is InChI=1S/C27H30FN3O4S/c1-19-9-15-25(16-10-19)36(34,35)31(24-13-11-23(28)12-14-24)18-26(32)30(21(3)27(33)29-4)17-22-8-6-5-7-20(22)2/h5-16,21H,17-18H2,1-4H3,(H,29,33)/t21-/m0/s1. The number of carbonyl (C=O) groups excluding carboxylic acids is 2. The van der Waals surface area contributed by atoms with Gasteiger partial charge < -0.3 is 10.2 Å². The van der Waals surface area contributed by atoms with Crippen LogP contribution in [-0.4, -0.2) is 44.8 Å². The molecule has 0 spiro atoms. The number of anilines is 1. The average Bonchev–Trinajstić information content (AvgIpc) is 2.86. The molecule has 0 saturated carbocycles. The molecule has 0 aliphatic carbocycles. The van der Waals surface area contributed by atoms with E-state index in [-0.39, 0.29) is 23.0 Å². The van der Waals surface area contributed by atoms with E-state index in [0.29, 0.717) is 0 Å². The van der Waals surface area contributed by atoms with Gasteiger partial charge in [-0.05, 0) is 68.3 Å². The van der Waals surface area contributed by atoms with Crippen molar-refractivity contribution in [3.63, 3.8) is 0 Å². The van der Waals surface area contributed by atoms with Crippen molar-refractivity contribution in [3.8, 4) is 0 Å². The second-order valence-corrected chi connectivity index (χ2v) is 10.4. The van der Waals surface area contributed by atoms with Gasteiger partial charge in [0.25, 0.3) is 10.0 Å². The number of likely N-dealkylation sites (N-methyl/N-ethyl adjacent to an activating group) is 1. The highest BCUT2D eigenvalue weighted by Crippen LogP contribution is 2.25. The van der Waals surface area contributed by atoms with Gasteiger partial charge in [-0.15, -0.1) is 0 Å². The van der Waals surface area contributed by atoms with Gasteiger partial charge in [0.05, 0.1) is 10.6 Å². The van der Waals surface area contributed by atoms with Crippen LogP contribution in [-0.2, 0) is 26.2 Å².